The summed E-state index contributed by atoms with van der Waals surface area (Å²) in [6.45, 7) is 4.89. The van der Waals surface area contributed by atoms with Gasteiger partial charge < -0.3 is 15.2 Å². The molecule has 4 heteroatoms. The van der Waals surface area contributed by atoms with Crippen LogP contribution in [0.1, 0.15) is 24.4 Å². The molecule has 1 aromatic carbocycles. The number of nitrogens with two attached hydrogens (primary N) is 1. The first kappa shape index (κ1) is 11.3. The average Bonchev–Trinajstić information content (AvgIpc) is 2.85. The van der Waals surface area contributed by atoms with Gasteiger partial charge in [0.1, 0.15) is 5.82 Å². The van der Waals surface area contributed by atoms with Gasteiger partial charge in [-0.15, -0.1) is 0 Å². The molecule has 0 radical (unpaired) electrons. The number of hydrogen-bond donors (Lipinski definition) is 1. The van der Waals surface area contributed by atoms with Crippen molar-refractivity contribution in [3.8, 4) is 0 Å². The fourth-order valence-corrected chi connectivity index (χ4v) is 2.54. The fourth-order valence-electron chi connectivity index (χ4n) is 2.54. The summed E-state index contributed by atoms with van der Waals surface area (Å²) in [5.41, 5.74) is 8.49. The first-order valence-electron chi connectivity index (χ1n) is 6.35. The summed E-state index contributed by atoms with van der Waals surface area (Å²) in [6.07, 6.45) is 3.92. The Hall–Kier alpha value is -1.81. The van der Waals surface area contributed by atoms with E-state index in [0.29, 0.717) is 0 Å². The standard InChI is InChI=1S/C14H18N4/c1-11(15)12-4-2-3-5-13(12)18-9-8-17-7-6-16-14(17)10-18/h2-7,11H,8-10,15H2,1H3/t11-/m0/s1. The van der Waals surface area contributed by atoms with Gasteiger partial charge >= 0.3 is 0 Å². The molecule has 0 spiro atoms. The Morgan fingerprint density at radius 3 is 2.94 bits per heavy atom. The molecule has 1 aliphatic heterocycles. The second-order valence-electron chi connectivity index (χ2n) is 4.81. The monoisotopic (exact) mass is 242 g/mol. The SMILES string of the molecule is C[C@H](N)c1ccccc1N1CCn2ccnc2C1. The van der Waals surface area contributed by atoms with Crippen molar-refractivity contribution < 1.29 is 0 Å². The second-order valence-corrected chi connectivity index (χ2v) is 4.81. The van der Waals surface area contributed by atoms with Crippen LogP contribution in [-0.4, -0.2) is 16.1 Å². The molecule has 2 N–H and O–H groups in total. The van der Waals surface area contributed by atoms with Crippen LogP contribution in [0.4, 0.5) is 5.69 Å². The van der Waals surface area contributed by atoms with Crippen LogP contribution in [-0.2, 0) is 13.1 Å². The van der Waals surface area contributed by atoms with Gasteiger partial charge in [0, 0.05) is 37.2 Å². The van der Waals surface area contributed by atoms with Crippen LogP contribution in [0.15, 0.2) is 36.7 Å². The number of fused-ring (bicyclic) bond motifs is 1. The number of aromatic nitrogens is 2. The van der Waals surface area contributed by atoms with Crippen LogP contribution in [0, 0.1) is 0 Å². The third-order valence-corrected chi connectivity index (χ3v) is 3.51. The van der Waals surface area contributed by atoms with Gasteiger partial charge in [0.2, 0.25) is 0 Å². The molecule has 18 heavy (non-hydrogen) atoms. The molecule has 0 saturated heterocycles. The van der Waals surface area contributed by atoms with Crippen LogP contribution in [0.5, 0.6) is 0 Å². The van der Waals surface area contributed by atoms with Gasteiger partial charge in [-0.2, -0.15) is 0 Å². The molecule has 0 aliphatic carbocycles. The van der Waals surface area contributed by atoms with Crippen LogP contribution in [0.25, 0.3) is 0 Å². The lowest BCUT2D eigenvalue weighted by Gasteiger charge is -2.31. The second kappa shape index (κ2) is 4.46. The first-order chi connectivity index (χ1) is 8.75. The molecule has 1 atom stereocenters. The van der Waals surface area contributed by atoms with E-state index < -0.39 is 0 Å². The molecule has 0 unspecified atom stereocenters. The molecule has 0 bridgehead atoms. The van der Waals surface area contributed by atoms with E-state index in [1.807, 2.05) is 25.4 Å². The third kappa shape index (κ3) is 1.88. The number of nitrogens with zero attached hydrogens (tertiary/aromatic N) is 3. The zero-order valence-corrected chi connectivity index (χ0v) is 10.6. The van der Waals surface area contributed by atoms with Crippen molar-refractivity contribution in [1.82, 2.24) is 9.55 Å². The highest BCUT2D eigenvalue weighted by atomic mass is 15.2. The Morgan fingerprint density at radius 2 is 2.11 bits per heavy atom. The van der Waals surface area contributed by atoms with E-state index in [9.17, 15) is 0 Å². The number of rotatable bonds is 2. The average molecular weight is 242 g/mol. The van der Waals surface area contributed by atoms with Crippen molar-refractivity contribution >= 4 is 5.69 Å². The summed E-state index contributed by atoms with van der Waals surface area (Å²) in [7, 11) is 0. The van der Waals surface area contributed by atoms with E-state index in [-0.39, 0.29) is 6.04 Å². The normalized spacial score (nSPS) is 16.4. The lowest BCUT2D eigenvalue weighted by Crippen LogP contribution is -2.34. The maximum Gasteiger partial charge on any atom is 0.128 e. The van der Waals surface area contributed by atoms with Gasteiger partial charge in [0.25, 0.3) is 0 Å². The molecule has 1 aromatic heterocycles. The molecule has 2 aromatic rings. The maximum absolute atomic E-state index is 6.05. The molecule has 4 nitrogen and oxygen atoms in total. The number of hydrogen-bond acceptors (Lipinski definition) is 3. The van der Waals surface area contributed by atoms with Gasteiger partial charge in [-0.25, -0.2) is 4.98 Å². The predicted molar refractivity (Wildman–Crippen MR) is 72.3 cm³/mol. The van der Waals surface area contributed by atoms with Crippen molar-refractivity contribution in [1.29, 1.82) is 0 Å². The van der Waals surface area contributed by atoms with Gasteiger partial charge in [-0.1, -0.05) is 18.2 Å². The zero-order valence-electron chi connectivity index (χ0n) is 10.6. The van der Waals surface area contributed by atoms with E-state index in [0.717, 1.165) is 25.5 Å². The minimum atomic E-state index is 0.0582. The molecule has 1 aliphatic rings. The van der Waals surface area contributed by atoms with Gasteiger partial charge in [0.05, 0.1) is 6.54 Å². The lowest BCUT2D eigenvalue weighted by atomic mass is 10.1. The quantitative estimate of drug-likeness (QED) is 0.875. The Bertz CT molecular complexity index is 544. The summed E-state index contributed by atoms with van der Waals surface area (Å²) in [5.74, 6) is 1.13. The molecular weight excluding hydrogens is 224 g/mol. The van der Waals surface area contributed by atoms with E-state index in [2.05, 4.69) is 32.7 Å². The van der Waals surface area contributed by atoms with Crippen LogP contribution >= 0.6 is 0 Å². The first-order valence-corrected chi connectivity index (χ1v) is 6.35. The summed E-state index contributed by atoms with van der Waals surface area (Å²) >= 11 is 0. The largest absolute Gasteiger partial charge is 0.362 e. The van der Waals surface area contributed by atoms with Crippen molar-refractivity contribution in [3.05, 3.63) is 48.0 Å². The minimum absolute atomic E-state index is 0.0582. The maximum atomic E-state index is 6.05. The van der Waals surface area contributed by atoms with Crippen LogP contribution in [0.2, 0.25) is 0 Å². The predicted octanol–water partition coefficient (Wildman–Crippen LogP) is 1.92. The summed E-state index contributed by atoms with van der Waals surface area (Å²) < 4.78 is 2.21. The highest BCUT2D eigenvalue weighted by Crippen LogP contribution is 2.27. The number of imidazole rings is 1. The van der Waals surface area contributed by atoms with Gasteiger partial charge in [0.15, 0.2) is 0 Å². The lowest BCUT2D eigenvalue weighted by molar-refractivity contribution is 0.557. The van der Waals surface area contributed by atoms with Crippen molar-refractivity contribution in [2.75, 3.05) is 11.4 Å². The molecule has 94 valence electrons. The van der Waals surface area contributed by atoms with Gasteiger partial charge in [-0.3, -0.25) is 0 Å². The topological polar surface area (TPSA) is 47.1 Å². The van der Waals surface area contributed by atoms with E-state index >= 15 is 0 Å². The Morgan fingerprint density at radius 1 is 1.28 bits per heavy atom. The van der Waals surface area contributed by atoms with E-state index in [1.165, 1.54) is 11.3 Å². The fraction of sp³-hybridized carbons (Fsp3) is 0.357. The zero-order chi connectivity index (χ0) is 12.5. The smallest absolute Gasteiger partial charge is 0.128 e. The van der Waals surface area contributed by atoms with Crippen molar-refractivity contribution in [3.63, 3.8) is 0 Å². The molecular formula is C14H18N4. The van der Waals surface area contributed by atoms with Gasteiger partial charge in [-0.05, 0) is 18.6 Å². The Balaban J connectivity index is 1.93. The van der Waals surface area contributed by atoms with Crippen LogP contribution < -0.4 is 10.6 Å². The number of benzene rings is 1. The van der Waals surface area contributed by atoms with Crippen molar-refractivity contribution in [2.45, 2.75) is 26.1 Å². The van der Waals surface area contributed by atoms with E-state index in [1.54, 1.807) is 0 Å². The highest BCUT2D eigenvalue weighted by Gasteiger charge is 2.19. The van der Waals surface area contributed by atoms with E-state index in [4.69, 9.17) is 5.73 Å². The molecule has 0 amide bonds. The Kier molecular flexibility index (Phi) is 2.80. The summed E-state index contributed by atoms with van der Waals surface area (Å²) in [5, 5.41) is 0. The molecule has 0 saturated carbocycles. The minimum Gasteiger partial charge on any atom is -0.362 e. The molecule has 3 rings (SSSR count). The van der Waals surface area contributed by atoms with Crippen LogP contribution in [0.3, 0.4) is 0 Å². The number of anilines is 1. The summed E-state index contributed by atoms with van der Waals surface area (Å²) in [6, 6.07) is 8.44. The molecule has 0 fully saturated rings. The van der Waals surface area contributed by atoms with Crippen molar-refractivity contribution in [2.24, 2.45) is 5.73 Å². The Labute approximate surface area is 107 Å². The summed E-state index contributed by atoms with van der Waals surface area (Å²) in [4.78, 5) is 6.76. The number of para-hydroxylation sites is 1. The highest BCUT2D eigenvalue weighted by molar-refractivity contribution is 5.55. The third-order valence-electron chi connectivity index (χ3n) is 3.51. The molecule has 2 heterocycles.